The number of thioether (sulfide) groups is 1. The summed E-state index contributed by atoms with van der Waals surface area (Å²) >= 11 is 3.05. The second-order valence-electron chi connectivity index (χ2n) is 5.33. The number of fused-ring (bicyclic) bond motifs is 1. The first-order valence-corrected chi connectivity index (χ1v) is 9.89. The molecule has 4 aromatic rings. The van der Waals surface area contributed by atoms with Gasteiger partial charge in [-0.05, 0) is 42.0 Å². The molecule has 1 N–H and O–H groups in total. The first-order chi connectivity index (χ1) is 12.8. The largest absolute Gasteiger partial charge is 0.345 e. The molecule has 4 heterocycles. The number of carbonyl (C=O) groups is 1. The van der Waals surface area contributed by atoms with E-state index in [1.54, 1.807) is 34.2 Å². The van der Waals surface area contributed by atoms with E-state index in [4.69, 9.17) is 0 Å². The van der Waals surface area contributed by atoms with Crippen molar-refractivity contribution in [2.75, 3.05) is 6.26 Å². The van der Waals surface area contributed by atoms with Gasteiger partial charge in [0.2, 0.25) is 0 Å². The molecule has 0 bridgehead atoms. The number of thiophene rings is 1. The predicted molar refractivity (Wildman–Crippen MR) is 101 cm³/mol. The van der Waals surface area contributed by atoms with Gasteiger partial charge in [0.15, 0.2) is 11.5 Å². The third-order valence-corrected chi connectivity index (χ3v) is 5.32. The lowest BCUT2D eigenvalue weighted by Gasteiger charge is -2.07. The molecule has 1 amide bonds. The predicted octanol–water partition coefficient (Wildman–Crippen LogP) is 2.90. The topological polar surface area (TPSA) is 85.1 Å². The Bertz CT molecular complexity index is 1060. The SMILES string of the molecule is CSc1ncccc1C(=O)NCc1nnc2ccc(-c3cccs3)nn12. The zero-order valence-corrected chi connectivity index (χ0v) is 15.4. The van der Waals surface area contributed by atoms with Crippen molar-refractivity contribution in [3.05, 3.63) is 59.4 Å². The Hall–Kier alpha value is -2.78. The molecule has 9 heteroatoms. The van der Waals surface area contributed by atoms with E-state index in [0.717, 1.165) is 10.6 Å². The van der Waals surface area contributed by atoms with Gasteiger partial charge in [-0.1, -0.05) is 6.07 Å². The van der Waals surface area contributed by atoms with Crippen molar-refractivity contribution in [1.82, 2.24) is 30.1 Å². The molecule has 130 valence electrons. The van der Waals surface area contributed by atoms with Crippen LogP contribution >= 0.6 is 23.1 Å². The van der Waals surface area contributed by atoms with Crippen LogP contribution in [0.2, 0.25) is 0 Å². The number of hydrogen-bond acceptors (Lipinski definition) is 7. The number of hydrogen-bond donors (Lipinski definition) is 1. The highest BCUT2D eigenvalue weighted by atomic mass is 32.2. The van der Waals surface area contributed by atoms with E-state index in [-0.39, 0.29) is 12.5 Å². The molecule has 0 aliphatic carbocycles. The molecule has 4 aromatic heterocycles. The number of nitrogens with zero attached hydrogens (tertiary/aromatic N) is 5. The summed E-state index contributed by atoms with van der Waals surface area (Å²) in [4.78, 5) is 17.7. The summed E-state index contributed by atoms with van der Waals surface area (Å²) in [6, 6.07) is 11.3. The molecule has 0 unspecified atom stereocenters. The minimum Gasteiger partial charge on any atom is -0.345 e. The Kier molecular flexibility index (Phi) is 4.63. The van der Waals surface area contributed by atoms with Gasteiger partial charge in [0, 0.05) is 6.20 Å². The van der Waals surface area contributed by atoms with Crippen LogP contribution in [0.4, 0.5) is 0 Å². The summed E-state index contributed by atoms with van der Waals surface area (Å²) in [6.07, 6.45) is 3.56. The molecule has 0 spiro atoms. The van der Waals surface area contributed by atoms with Crippen LogP contribution in [0.5, 0.6) is 0 Å². The maximum absolute atomic E-state index is 12.5. The van der Waals surface area contributed by atoms with E-state index in [1.165, 1.54) is 11.8 Å². The third kappa shape index (κ3) is 3.18. The lowest BCUT2D eigenvalue weighted by atomic mass is 10.2. The van der Waals surface area contributed by atoms with Gasteiger partial charge < -0.3 is 5.32 Å². The normalized spacial score (nSPS) is 11.0. The molecule has 0 saturated carbocycles. The van der Waals surface area contributed by atoms with E-state index in [2.05, 4.69) is 25.6 Å². The second-order valence-corrected chi connectivity index (χ2v) is 7.07. The zero-order chi connectivity index (χ0) is 17.9. The van der Waals surface area contributed by atoms with Crippen molar-refractivity contribution in [3.63, 3.8) is 0 Å². The lowest BCUT2D eigenvalue weighted by molar-refractivity contribution is 0.0946. The average Bonchev–Trinajstić information content (AvgIpc) is 3.35. The smallest absolute Gasteiger partial charge is 0.254 e. The molecule has 26 heavy (non-hydrogen) atoms. The fraction of sp³-hybridized carbons (Fsp3) is 0.118. The second kappa shape index (κ2) is 7.22. The molecule has 0 aromatic carbocycles. The Morgan fingerprint density at radius 3 is 2.96 bits per heavy atom. The van der Waals surface area contributed by atoms with E-state index < -0.39 is 0 Å². The molecule has 0 atom stereocenters. The molecule has 0 aliphatic heterocycles. The van der Waals surface area contributed by atoms with Gasteiger partial charge >= 0.3 is 0 Å². The summed E-state index contributed by atoms with van der Waals surface area (Å²) in [5.41, 5.74) is 2.03. The van der Waals surface area contributed by atoms with Crippen LogP contribution in [-0.4, -0.2) is 37.0 Å². The molecule has 7 nitrogen and oxygen atoms in total. The summed E-state index contributed by atoms with van der Waals surface area (Å²) < 4.78 is 1.66. The number of rotatable bonds is 5. The molecule has 4 rings (SSSR count). The summed E-state index contributed by atoms with van der Waals surface area (Å²) in [6.45, 7) is 0.226. The lowest BCUT2D eigenvalue weighted by Crippen LogP contribution is -2.25. The summed E-state index contributed by atoms with van der Waals surface area (Å²) in [7, 11) is 0. The minimum absolute atomic E-state index is 0.200. The highest BCUT2D eigenvalue weighted by Gasteiger charge is 2.14. The van der Waals surface area contributed by atoms with Gasteiger partial charge in [-0.25, -0.2) is 4.98 Å². The first-order valence-electron chi connectivity index (χ1n) is 7.78. The van der Waals surface area contributed by atoms with Crippen molar-refractivity contribution in [1.29, 1.82) is 0 Å². The van der Waals surface area contributed by atoms with Crippen molar-refractivity contribution in [2.45, 2.75) is 11.6 Å². The maximum atomic E-state index is 12.5. The first kappa shape index (κ1) is 16.7. The van der Waals surface area contributed by atoms with Crippen LogP contribution in [-0.2, 0) is 6.54 Å². The average molecular weight is 382 g/mol. The Morgan fingerprint density at radius 1 is 1.23 bits per heavy atom. The van der Waals surface area contributed by atoms with Crippen molar-refractivity contribution >= 4 is 34.7 Å². The molecule has 0 fully saturated rings. The third-order valence-electron chi connectivity index (χ3n) is 3.72. The fourth-order valence-electron chi connectivity index (χ4n) is 2.48. The number of nitrogens with one attached hydrogen (secondary N) is 1. The Morgan fingerprint density at radius 2 is 2.15 bits per heavy atom. The Balaban J connectivity index is 1.57. The van der Waals surface area contributed by atoms with Gasteiger partial charge in [-0.3, -0.25) is 4.79 Å². The molecular formula is C17H14N6OS2. The van der Waals surface area contributed by atoms with Crippen LogP contribution in [0.1, 0.15) is 16.2 Å². The van der Waals surface area contributed by atoms with Crippen LogP contribution in [0.15, 0.2) is 53.0 Å². The van der Waals surface area contributed by atoms with Crippen LogP contribution < -0.4 is 5.32 Å². The van der Waals surface area contributed by atoms with Crippen LogP contribution in [0.3, 0.4) is 0 Å². The van der Waals surface area contributed by atoms with Gasteiger partial charge in [-0.15, -0.1) is 33.3 Å². The Labute approximate surface area is 157 Å². The zero-order valence-electron chi connectivity index (χ0n) is 13.8. The number of carbonyl (C=O) groups excluding carboxylic acids is 1. The van der Waals surface area contributed by atoms with E-state index in [9.17, 15) is 4.79 Å². The van der Waals surface area contributed by atoms with Crippen LogP contribution in [0, 0.1) is 0 Å². The summed E-state index contributed by atoms with van der Waals surface area (Å²) in [5, 5.41) is 18.4. The number of amides is 1. The van der Waals surface area contributed by atoms with E-state index in [1.807, 2.05) is 35.9 Å². The van der Waals surface area contributed by atoms with Crippen molar-refractivity contribution < 1.29 is 4.79 Å². The standard InChI is InChI=1S/C17H14N6OS2/c1-25-17-11(4-2-8-18-17)16(24)19-10-15-21-20-14-7-6-12(22-23(14)15)13-5-3-9-26-13/h2-9H,10H2,1H3,(H,19,24). The molecule has 0 radical (unpaired) electrons. The van der Waals surface area contributed by atoms with Crippen LogP contribution in [0.25, 0.3) is 16.2 Å². The molecule has 0 saturated heterocycles. The van der Waals surface area contributed by atoms with Gasteiger partial charge in [0.25, 0.3) is 5.91 Å². The highest BCUT2D eigenvalue weighted by Crippen LogP contribution is 2.22. The van der Waals surface area contributed by atoms with Crippen molar-refractivity contribution in [3.8, 4) is 10.6 Å². The minimum atomic E-state index is -0.200. The number of aromatic nitrogens is 5. The van der Waals surface area contributed by atoms with Gasteiger partial charge in [0.05, 0.1) is 17.0 Å². The van der Waals surface area contributed by atoms with E-state index in [0.29, 0.717) is 22.1 Å². The number of pyridine rings is 1. The summed E-state index contributed by atoms with van der Waals surface area (Å²) in [5.74, 6) is 0.370. The molecule has 0 aliphatic rings. The molecular weight excluding hydrogens is 368 g/mol. The monoisotopic (exact) mass is 382 g/mol. The van der Waals surface area contributed by atoms with Gasteiger partial charge in [0.1, 0.15) is 10.7 Å². The van der Waals surface area contributed by atoms with Crippen molar-refractivity contribution in [2.24, 2.45) is 0 Å². The fourth-order valence-corrected chi connectivity index (χ4v) is 3.72. The maximum Gasteiger partial charge on any atom is 0.254 e. The highest BCUT2D eigenvalue weighted by molar-refractivity contribution is 7.98. The van der Waals surface area contributed by atoms with E-state index >= 15 is 0 Å². The quantitative estimate of drug-likeness (QED) is 0.534. The van der Waals surface area contributed by atoms with Gasteiger partial charge in [-0.2, -0.15) is 9.61 Å².